The van der Waals surface area contributed by atoms with Crippen LogP contribution >= 0.6 is 11.3 Å². The molecule has 0 aliphatic rings. The van der Waals surface area contributed by atoms with E-state index in [1.807, 2.05) is 79.7 Å². The van der Waals surface area contributed by atoms with Gasteiger partial charge in [-0.3, -0.25) is 9.59 Å². The average molecular weight is 524 g/mol. The van der Waals surface area contributed by atoms with Gasteiger partial charge in [-0.15, -0.1) is 11.3 Å². The number of nitrogens with one attached hydrogen (secondary N) is 2. The van der Waals surface area contributed by atoms with Gasteiger partial charge in [0.1, 0.15) is 0 Å². The fraction of sp³-hybridized carbons (Fsp3) is 0.0968. The van der Waals surface area contributed by atoms with Crippen molar-refractivity contribution < 1.29 is 14.0 Å². The van der Waals surface area contributed by atoms with Gasteiger partial charge in [0.15, 0.2) is 0 Å². The topological polar surface area (TPSA) is 84.2 Å². The quantitative estimate of drug-likeness (QED) is 0.196. The smallest absolute Gasteiger partial charge is 0.265 e. The first-order valence-electron chi connectivity index (χ1n) is 12.2. The molecule has 0 aliphatic heterocycles. The lowest BCUT2D eigenvalue weighted by atomic mass is 10.0. The molecule has 2 atom stereocenters. The molecule has 1 heterocycles. The van der Waals surface area contributed by atoms with Crippen LogP contribution in [-0.4, -0.2) is 11.8 Å². The van der Waals surface area contributed by atoms with Crippen molar-refractivity contribution in [2.45, 2.75) is 19.1 Å². The predicted octanol–water partition coefficient (Wildman–Crippen LogP) is 7.29. The lowest BCUT2D eigenvalue weighted by molar-refractivity contribution is -0.126. The molecule has 0 saturated carbocycles. The average Bonchev–Trinajstić information content (AvgIpc) is 3.38. The molecule has 38 heavy (non-hydrogen) atoms. The van der Waals surface area contributed by atoms with Crippen LogP contribution in [0.1, 0.15) is 39.9 Å². The van der Waals surface area contributed by atoms with E-state index in [2.05, 4.69) is 10.6 Å². The standard InChI is InChI=1S/C31H26FN3O2S/c1-19(20-8-4-2-5-9-20)34-31(37)29(32)24-13-12-23-17-28(38-27(23)18-24)30(36)35-26-16-22(14-15-25(26)33)21-10-6-3-7-11-21/h2-19,29H,33H2,1H3,(H,34,37)(H,35,36)/t19-,29?/m0/s1. The van der Waals surface area contributed by atoms with Crippen molar-refractivity contribution in [3.8, 4) is 11.1 Å². The largest absolute Gasteiger partial charge is 0.397 e. The number of halogens is 1. The van der Waals surface area contributed by atoms with Gasteiger partial charge in [0.05, 0.1) is 22.3 Å². The summed E-state index contributed by atoms with van der Waals surface area (Å²) in [6.45, 7) is 1.82. The zero-order valence-electron chi connectivity index (χ0n) is 20.6. The normalized spacial score (nSPS) is 12.6. The van der Waals surface area contributed by atoms with Crippen LogP contribution in [0.5, 0.6) is 0 Å². The Balaban J connectivity index is 1.31. The van der Waals surface area contributed by atoms with Crippen LogP contribution in [0.3, 0.4) is 0 Å². The van der Waals surface area contributed by atoms with Crippen LogP contribution in [-0.2, 0) is 4.79 Å². The third-order valence-corrected chi connectivity index (χ3v) is 7.45. The molecule has 4 N–H and O–H groups in total. The zero-order chi connectivity index (χ0) is 26.6. The number of benzene rings is 4. The van der Waals surface area contributed by atoms with Crippen molar-refractivity contribution in [2.75, 3.05) is 11.1 Å². The molecule has 4 aromatic carbocycles. The summed E-state index contributed by atoms with van der Waals surface area (Å²) in [7, 11) is 0. The molecule has 0 radical (unpaired) electrons. The number of hydrogen-bond donors (Lipinski definition) is 3. The van der Waals surface area contributed by atoms with Crippen LogP contribution in [0.25, 0.3) is 21.2 Å². The third-order valence-electron chi connectivity index (χ3n) is 6.36. The monoisotopic (exact) mass is 523 g/mol. The SMILES string of the molecule is C[C@H](NC(=O)C(F)c1ccc2cc(C(=O)Nc3cc(-c4ccccc4)ccc3N)sc2c1)c1ccccc1. The first-order chi connectivity index (χ1) is 18.4. The molecule has 190 valence electrons. The Labute approximate surface area is 224 Å². The molecule has 1 unspecified atom stereocenters. The highest BCUT2D eigenvalue weighted by Crippen LogP contribution is 2.32. The molecular weight excluding hydrogens is 497 g/mol. The number of carbonyl (C=O) groups excluding carboxylic acids is 2. The maximum absolute atomic E-state index is 15.1. The summed E-state index contributed by atoms with van der Waals surface area (Å²) in [6, 6.07) is 31.1. The van der Waals surface area contributed by atoms with Gasteiger partial charge in [-0.2, -0.15) is 0 Å². The number of amides is 2. The van der Waals surface area contributed by atoms with Gasteiger partial charge < -0.3 is 16.4 Å². The summed E-state index contributed by atoms with van der Waals surface area (Å²) in [5.41, 5.74) is 10.2. The molecule has 0 bridgehead atoms. The number of fused-ring (bicyclic) bond motifs is 1. The van der Waals surface area contributed by atoms with Crippen LogP contribution in [0.15, 0.2) is 103 Å². The number of rotatable bonds is 7. The number of nitrogens with two attached hydrogens (primary N) is 1. The third kappa shape index (κ3) is 5.43. The number of alkyl halides is 1. The van der Waals surface area contributed by atoms with Crippen molar-refractivity contribution in [3.05, 3.63) is 119 Å². The summed E-state index contributed by atoms with van der Waals surface area (Å²) >= 11 is 1.23. The molecule has 5 rings (SSSR count). The molecule has 1 aromatic heterocycles. The summed E-state index contributed by atoms with van der Waals surface area (Å²) in [5.74, 6) is -1.01. The van der Waals surface area contributed by atoms with Gasteiger partial charge in [0.2, 0.25) is 6.17 Å². The fourth-order valence-electron chi connectivity index (χ4n) is 4.24. The molecule has 0 fully saturated rings. The highest BCUT2D eigenvalue weighted by molar-refractivity contribution is 7.20. The van der Waals surface area contributed by atoms with E-state index in [1.165, 1.54) is 11.3 Å². The molecule has 0 spiro atoms. The molecular formula is C31H26FN3O2S. The van der Waals surface area contributed by atoms with Crippen molar-refractivity contribution in [1.82, 2.24) is 5.32 Å². The van der Waals surface area contributed by atoms with Crippen molar-refractivity contribution in [1.29, 1.82) is 0 Å². The zero-order valence-corrected chi connectivity index (χ0v) is 21.5. The van der Waals surface area contributed by atoms with Crippen LogP contribution in [0.2, 0.25) is 0 Å². The second-order valence-electron chi connectivity index (χ2n) is 9.03. The van der Waals surface area contributed by atoms with Crippen LogP contribution in [0, 0.1) is 0 Å². The van der Waals surface area contributed by atoms with Crippen LogP contribution in [0.4, 0.5) is 15.8 Å². The van der Waals surface area contributed by atoms with E-state index in [0.717, 1.165) is 22.1 Å². The minimum atomic E-state index is -1.83. The highest BCUT2D eigenvalue weighted by Gasteiger charge is 2.23. The van der Waals surface area contributed by atoms with Gasteiger partial charge in [-0.1, -0.05) is 78.9 Å². The Morgan fingerprint density at radius 3 is 2.26 bits per heavy atom. The van der Waals surface area contributed by atoms with E-state index in [0.29, 0.717) is 21.0 Å². The van der Waals surface area contributed by atoms with E-state index in [4.69, 9.17) is 5.73 Å². The molecule has 0 saturated heterocycles. The van der Waals surface area contributed by atoms with Crippen LogP contribution < -0.4 is 16.4 Å². The lowest BCUT2D eigenvalue weighted by Gasteiger charge is -2.16. The van der Waals surface area contributed by atoms with E-state index in [9.17, 15) is 9.59 Å². The molecule has 5 nitrogen and oxygen atoms in total. The number of anilines is 2. The number of hydrogen-bond acceptors (Lipinski definition) is 4. The fourth-order valence-corrected chi connectivity index (χ4v) is 5.25. The Morgan fingerprint density at radius 2 is 1.53 bits per heavy atom. The van der Waals surface area contributed by atoms with Crippen molar-refractivity contribution in [3.63, 3.8) is 0 Å². The first-order valence-corrected chi connectivity index (χ1v) is 13.0. The predicted molar refractivity (Wildman–Crippen MR) is 153 cm³/mol. The maximum atomic E-state index is 15.1. The first kappa shape index (κ1) is 25.2. The molecule has 0 aliphatic carbocycles. The van der Waals surface area contributed by atoms with Gasteiger partial charge in [0.25, 0.3) is 11.8 Å². The van der Waals surface area contributed by atoms with Gasteiger partial charge in [-0.05, 0) is 58.8 Å². The van der Waals surface area contributed by atoms with Crippen molar-refractivity contribution >= 4 is 44.6 Å². The summed E-state index contributed by atoms with van der Waals surface area (Å²) in [5, 5.41) is 6.42. The minimum Gasteiger partial charge on any atom is -0.397 e. The summed E-state index contributed by atoms with van der Waals surface area (Å²) in [6.07, 6.45) is -1.83. The molecule has 5 aromatic rings. The lowest BCUT2D eigenvalue weighted by Crippen LogP contribution is -2.30. The Bertz CT molecular complexity index is 1600. The number of carbonyl (C=O) groups is 2. The summed E-state index contributed by atoms with van der Waals surface area (Å²) in [4.78, 5) is 26.1. The van der Waals surface area contributed by atoms with Gasteiger partial charge in [-0.25, -0.2) is 4.39 Å². The number of thiophene rings is 1. The van der Waals surface area contributed by atoms with Gasteiger partial charge >= 0.3 is 0 Å². The maximum Gasteiger partial charge on any atom is 0.265 e. The Kier molecular flexibility index (Phi) is 7.20. The van der Waals surface area contributed by atoms with Gasteiger partial charge in [0, 0.05) is 4.70 Å². The second-order valence-corrected chi connectivity index (χ2v) is 10.1. The number of nitrogen functional groups attached to an aromatic ring is 1. The molecule has 7 heteroatoms. The van der Waals surface area contributed by atoms with E-state index < -0.39 is 12.1 Å². The minimum absolute atomic E-state index is 0.240. The van der Waals surface area contributed by atoms with E-state index in [1.54, 1.807) is 30.3 Å². The van der Waals surface area contributed by atoms with E-state index >= 15 is 4.39 Å². The highest BCUT2D eigenvalue weighted by atomic mass is 32.1. The Hall–Kier alpha value is -4.49. The second kappa shape index (κ2) is 10.9. The molecule has 2 amide bonds. The van der Waals surface area contributed by atoms with E-state index in [-0.39, 0.29) is 17.5 Å². The summed E-state index contributed by atoms with van der Waals surface area (Å²) < 4.78 is 15.8. The van der Waals surface area contributed by atoms with Crippen molar-refractivity contribution in [2.24, 2.45) is 0 Å². The Morgan fingerprint density at radius 1 is 0.816 bits per heavy atom.